The van der Waals surface area contributed by atoms with Crippen LogP contribution in [0.1, 0.15) is 22.3 Å². The Hall–Kier alpha value is -8.98. The molecular formula is C67H41NO. The van der Waals surface area contributed by atoms with Gasteiger partial charge in [0.25, 0.3) is 0 Å². The molecular weight excluding hydrogens is 835 g/mol. The zero-order valence-electron chi connectivity index (χ0n) is 37.5. The molecule has 0 aliphatic heterocycles. The molecule has 1 aromatic heterocycles. The van der Waals surface area contributed by atoms with Crippen molar-refractivity contribution in [3.8, 4) is 44.5 Å². The molecule has 2 aliphatic carbocycles. The summed E-state index contributed by atoms with van der Waals surface area (Å²) in [6.45, 7) is 0. The summed E-state index contributed by atoms with van der Waals surface area (Å²) in [5, 5.41) is 9.65. The van der Waals surface area contributed by atoms with Crippen molar-refractivity contribution in [1.82, 2.24) is 0 Å². The first kappa shape index (κ1) is 38.2. The smallest absolute Gasteiger partial charge is 0.136 e. The standard InChI is InChI=1S/C67H41NO/c1-2-16-45-40-65-58(39-44(45)15-1)66-57(22-13-27-64(66)69-65)56-21-8-12-26-63(56)68(48-33-30-42(31-34-48)46-32-36-51-47(38-46)29-28-43-14-3-4-17-50(43)51)49-35-37-55-54-20-7-11-25-61(54)67(62(55)41-49)59-23-9-5-18-52(59)53-19-6-10-24-60(53)67/h1-41H. The summed E-state index contributed by atoms with van der Waals surface area (Å²) < 4.78 is 6.67. The van der Waals surface area contributed by atoms with Crippen LogP contribution in [0.3, 0.4) is 0 Å². The normalized spacial score (nSPS) is 13.0. The van der Waals surface area contributed by atoms with Gasteiger partial charge in [0, 0.05) is 27.7 Å². The number of rotatable bonds is 5. The van der Waals surface area contributed by atoms with Crippen LogP contribution in [-0.2, 0) is 5.41 Å². The van der Waals surface area contributed by atoms with Crippen LogP contribution in [0.4, 0.5) is 17.1 Å². The van der Waals surface area contributed by atoms with Crippen LogP contribution in [0.5, 0.6) is 0 Å². The Morgan fingerprint density at radius 1 is 0.290 bits per heavy atom. The van der Waals surface area contributed by atoms with Crippen LogP contribution < -0.4 is 4.90 Å². The Kier molecular flexibility index (Phi) is 8.02. The quantitative estimate of drug-likeness (QED) is 0.160. The van der Waals surface area contributed by atoms with Gasteiger partial charge in [-0.15, -0.1) is 0 Å². The van der Waals surface area contributed by atoms with E-state index in [1.165, 1.54) is 88.0 Å². The van der Waals surface area contributed by atoms with E-state index in [1.54, 1.807) is 0 Å². The zero-order chi connectivity index (χ0) is 45.2. The molecule has 1 heterocycles. The molecule has 15 rings (SSSR count). The van der Waals surface area contributed by atoms with Crippen molar-refractivity contribution >= 4 is 71.3 Å². The first-order chi connectivity index (χ1) is 34.2. The van der Waals surface area contributed by atoms with Gasteiger partial charge in [0.15, 0.2) is 0 Å². The van der Waals surface area contributed by atoms with Crippen LogP contribution >= 0.6 is 0 Å². The van der Waals surface area contributed by atoms with Crippen LogP contribution in [-0.4, -0.2) is 0 Å². The van der Waals surface area contributed by atoms with E-state index in [-0.39, 0.29) is 0 Å². The van der Waals surface area contributed by atoms with Crippen LogP contribution in [0.25, 0.3) is 98.8 Å². The second kappa shape index (κ2) is 14.5. The molecule has 320 valence electrons. The molecule has 0 unspecified atom stereocenters. The van der Waals surface area contributed by atoms with Gasteiger partial charge >= 0.3 is 0 Å². The van der Waals surface area contributed by atoms with E-state index in [0.717, 1.165) is 50.1 Å². The van der Waals surface area contributed by atoms with Crippen molar-refractivity contribution in [1.29, 1.82) is 0 Å². The molecule has 0 radical (unpaired) electrons. The Balaban J connectivity index is 0.957. The summed E-state index contributed by atoms with van der Waals surface area (Å²) in [6, 6.07) is 92.0. The molecule has 2 nitrogen and oxygen atoms in total. The Morgan fingerprint density at radius 3 is 1.58 bits per heavy atom. The second-order valence-electron chi connectivity index (χ2n) is 18.7. The van der Waals surface area contributed by atoms with Gasteiger partial charge in [-0.1, -0.05) is 194 Å². The van der Waals surface area contributed by atoms with E-state index in [9.17, 15) is 0 Å². The summed E-state index contributed by atoms with van der Waals surface area (Å²) in [5.41, 5.74) is 19.6. The van der Waals surface area contributed by atoms with Gasteiger partial charge in [-0.05, 0) is 148 Å². The lowest BCUT2D eigenvalue weighted by atomic mass is 9.70. The summed E-state index contributed by atoms with van der Waals surface area (Å²) in [4.78, 5) is 2.48. The van der Waals surface area contributed by atoms with Crippen molar-refractivity contribution in [2.45, 2.75) is 5.41 Å². The highest BCUT2D eigenvalue weighted by Gasteiger charge is 2.51. The molecule has 0 atom stereocenters. The molecule has 0 amide bonds. The fourth-order valence-electron chi connectivity index (χ4n) is 12.3. The number of fused-ring (bicyclic) bond motifs is 17. The van der Waals surface area contributed by atoms with Gasteiger partial charge < -0.3 is 9.32 Å². The highest BCUT2D eigenvalue weighted by molar-refractivity contribution is 6.17. The van der Waals surface area contributed by atoms with Crippen molar-refractivity contribution in [2.24, 2.45) is 0 Å². The first-order valence-electron chi connectivity index (χ1n) is 23.9. The fraction of sp³-hybridized carbons (Fsp3) is 0.0149. The minimum Gasteiger partial charge on any atom is -0.456 e. The molecule has 0 saturated heterocycles. The highest BCUT2D eigenvalue weighted by atomic mass is 16.3. The largest absolute Gasteiger partial charge is 0.456 e. The third kappa shape index (κ3) is 5.43. The van der Waals surface area contributed by atoms with Gasteiger partial charge in [-0.3, -0.25) is 0 Å². The van der Waals surface area contributed by atoms with Gasteiger partial charge in [0.1, 0.15) is 11.2 Å². The van der Waals surface area contributed by atoms with Crippen molar-refractivity contribution in [3.05, 3.63) is 271 Å². The fourth-order valence-corrected chi connectivity index (χ4v) is 12.3. The summed E-state index contributed by atoms with van der Waals surface area (Å²) in [6.07, 6.45) is 0. The Morgan fingerprint density at radius 2 is 0.841 bits per heavy atom. The minimum atomic E-state index is -0.477. The van der Waals surface area contributed by atoms with E-state index in [4.69, 9.17) is 4.42 Å². The lowest BCUT2D eigenvalue weighted by Gasteiger charge is -2.32. The van der Waals surface area contributed by atoms with Crippen molar-refractivity contribution in [2.75, 3.05) is 4.90 Å². The summed E-state index contributed by atoms with van der Waals surface area (Å²) in [7, 11) is 0. The number of nitrogens with zero attached hydrogens (tertiary/aromatic N) is 1. The van der Waals surface area contributed by atoms with Crippen LogP contribution in [0.2, 0.25) is 0 Å². The van der Waals surface area contributed by atoms with Crippen molar-refractivity contribution < 1.29 is 4.42 Å². The van der Waals surface area contributed by atoms with E-state index in [1.807, 2.05) is 0 Å². The molecule has 13 aromatic rings. The average Bonchev–Trinajstić information content (AvgIpc) is 4.04. The molecule has 2 aliphatic rings. The van der Waals surface area contributed by atoms with E-state index in [0.29, 0.717) is 0 Å². The zero-order valence-corrected chi connectivity index (χ0v) is 37.5. The van der Waals surface area contributed by atoms with Crippen LogP contribution in [0.15, 0.2) is 253 Å². The number of para-hydroxylation sites is 1. The number of hydrogen-bond donors (Lipinski definition) is 0. The molecule has 2 heteroatoms. The maximum atomic E-state index is 6.67. The van der Waals surface area contributed by atoms with Gasteiger partial charge in [-0.25, -0.2) is 0 Å². The number of benzene rings is 12. The molecule has 1 spiro atoms. The SMILES string of the molecule is c1ccc(N(c2ccc(-c3ccc4c(ccc5ccccc54)c3)cc2)c2ccc3c(c2)C2(c4ccccc4-c4ccccc42)c2ccccc2-3)c(-c2cccc3oc4cc5ccccc5cc4c23)c1. The number of anilines is 3. The Bertz CT molecular complexity index is 4210. The second-order valence-corrected chi connectivity index (χ2v) is 18.7. The number of furan rings is 1. The maximum Gasteiger partial charge on any atom is 0.136 e. The maximum absolute atomic E-state index is 6.67. The molecule has 0 bridgehead atoms. The predicted octanol–water partition coefficient (Wildman–Crippen LogP) is 18.2. The topological polar surface area (TPSA) is 16.4 Å². The lowest BCUT2D eigenvalue weighted by Crippen LogP contribution is -2.26. The molecule has 0 fully saturated rings. The summed E-state index contributed by atoms with van der Waals surface area (Å²) in [5.74, 6) is 0. The first-order valence-corrected chi connectivity index (χ1v) is 23.9. The monoisotopic (exact) mass is 875 g/mol. The minimum absolute atomic E-state index is 0.477. The van der Waals surface area contributed by atoms with Crippen molar-refractivity contribution in [3.63, 3.8) is 0 Å². The predicted molar refractivity (Wildman–Crippen MR) is 288 cm³/mol. The highest BCUT2D eigenvalue weighted by Crippen LogP contribution is 2.63. The molecule has 0 saturated carbocycles. The third-order valence-corrected chi connectivity index (χ3v) is 15.2. The Labute approximate surface area is 399 Å². The van der Waals surface area contributed by atoms with Crippen LogP contribution in [0, 0.1) is 0 Å². The molecule has 69 heavy (non-hydrogen) atoms. The lowest BCUT2D eigenvalue weighted by molar-refractivity contribution is 0.669. The number of hydrogen-bond acceptors (Lipinski definition) is 2. The van der Waals surface area contributed by atoms with E-state index < -0.39 is 5.41 Å². The summed E-state index contributed by atoms with van der Waals surface area (Å²) >= 11 is 0. The van der Waals surface area contributed by atoms with Gasteiger partial charge in [0.05, 0.1) is 11.1 Å². The van der Waals surface area contributed by atoms with Gasteiger partial charge in [0.2, 0.25) is 0 Å². The van der Waals surface area contributed by atoms with E-state index in [2.05, 4.69) is 254 Å². The average molecular weight is 876 g/mol. The molecule has 12 aromatic carbocycles. The third-order valence-electron chi connectivity index (χ3n) is 15.2. The van der Waals surface area contributed by atoms with Gasteiger partial charge in [-0.2, -0.15) is 0 Å². The molecule has 0 N–H and O–H groups in total. The van der Waals surface area contributed by atoms with E-state index >= 15 is 0 Å².